The van der Waals surface area contributed by atoms with Crippen molar-refractivity contribution in [3.05, 3.63) is 23.0 Å². The van der Waals surface area contributed by atoms with Crippen molar-refractivity contribution in [1.29, 1.82) is 0 Å². The number of hydrogen-bond acceptors (Lipinski definition) is 5. The van der Waals surface area contributed by atoms with Crippen LogP contribution < -0.4 is 0 Å². The predicted octanol–water partition coefficient (Wildman–Crippen LogP) is 4.01. The number of halogens is 2. The van der Waals surface area contributed by atoms with Crippen molar-refractivity contribution >= 4 is 52.4 Å². The zero-order chi connectivity index (χ0) is 13.8. The Hall–Kier alpha value is -0.940. The molecular formula is C12H9ClFNO2S2. The second-order valence-electron chi connectivity index (χ2n) is 3.92. The van der Waals surface area contributed by atoms with Crippen LogP contribution >= 0.6 is 35.6 Å². The van der Waals surface area contributed by atoms with Crippen LogP contribution in [0.5, 0.6) is 0 Å². The van der Waals surface area contributed by atoms with E-state index in [0.29, 0.717) is 4.90 Å². The topological polar surface area (TPSA) is 38.7 Å². The van der Waals surface area contributed by atoms with Crippen molar-refractivity contribution in [2.75, 3.05) is 5.75 Å². The maximum atomic E-state index is 13.4. The number of esters is 1. The number of ether oxygens (including phenoxy) is 1. The molecule has 0 N–H and O–H groups in total. The lowest BCUT2D eigenvalue weighted by Gasteiger charge is -2.06. The van der Waals surface area contributed by atoms with Crippen LogP contribution in [0.15, 0.2) is 22.0 Å². The second kappa shape index (κ2) is 6.48. The van der Waals surface area contributed by atoms with Crippen LogP contribution in [-0.4, -0.2) is 23.0 Å². The molecule has 1 aromatic carbocycles. The lowest BCUT2D eigenvalue weighted by atomic mass is 10.3. The Bertz CT molecular complexity index is 557. The second-order valence-corrected chi connectivity index (χ2v) is 5.52. The Morgan fingerprint density at radius 2 is 2.37 bits per heavy atom. The van der Waals surface area contributed by atoms with Gasteiger partial charge < -0.3 is 4.74 Å². The van der Waals surface area contributed by atoms with Crippen molar-refractivity contribution in [2.24, 2.45) is 4.99 Å². The number of isothiocyanates is 1. The molecule has 1 aliphatic rings. The molecule has 0 aromatic heterocycles. The third kappa shape index (κ3) is 4.28. The molecule has 3 nitrogen and oxygen atoms in total. The van der Waals surface area contributed by atoms with Crippen LogP contribution in [0, 0.1) is 5.82 Å². The van der Waals surface area contributed by atoms with E-state index in [4.69, 9.17) is 16.3 Å². The van der Waals surface area contributed by atoms with Gasteiger partial charge in [0.15, 0.2) is 5.82 Å². The molecule has 0 saturated heterocycles. The van der Waals surface area contributed by atoms with E-state index in [1.807, 2.05) is 0 Å². The SMILES string of the molecule is O=C(CSc1cc(N=C=S)c(F)cc1Cl)OC1CC1. The van der Waals surface area contributed by atoms with E-state index in [-0.39, 0.29) is 28.5 Å². The summed E-state index contributed by atoms with van der Waals surface area (Å²) in [6, 6.07) is 2.58. The Morgan fingerprint density at radius 1 is 1.63 bits per heavy atom. The molecule has 0 atom stereocenters. The lowest BCUT2D eigenvalue weighted by Crippen LogP contribution is -2.08. The van der Waals surface area contributed by atoms with Gasteiger partial charge in [0.1, 0.15) is 11.8 Å². The average molecular weight is 318 g/mol. The Morgan fingerprint density at radius 3 is 3.00 bits per heavy atom. The van der Waals surface area contributed by atoms with E-state index >= 15 is 0 Å². The minimum atomic E-state index is -0.577. The summed E-state index contributed by atoms with van der Waals surface area (Å²) in [5, 5.41) is 2.32. The van der Waals surface area contributed by atoms with Crippen LogP contribution in [0.1, 0.15) is 12.8 Å². The number of benzene rings is 1. The number of hydrogen-bond donors (Lipinski definition) is 0. The third-order valence-corrected chi connectivity index (χ3v) is 3.88. The van der Waals surface area contributed by atoms with Crippen molar-refractivity contribution in [2.45, 2.75) is 23.8 Å². The third-order valence-electron chi connectivity index (χ3n) is 2.34. The normalized spacial score (nSPS) is 13.8. The molecule has 7 heteroatoms. The van der Waals surface area contributed by atoms with Gasteiger partial charge >= 0.3 is 5.97 Å². The van der Waals surface area contributed by atoms with Gasteiger partial charge in [-0.2, -0.15) is 4.99 Å². The van der Waals surface area contributed by atoms with Gasteiger partial charge in [-0.25, -0.2) is 4.39 Å². The molecule has 0 spiro atoms. The van der Waals surface area contributed by atoms with Crippen LogP contribution in [0.25, 0.3) is 0 Å². The van der Waals surface area contributed by atoms with Gasteiger partial charge in [-0.15, -0.1) is 11.8 Å². The van der Waals surface area contributed by atoms with Crippen molar-refractivity contribution in [3.63, 3.8) is 0 Å². The molecule has 0 aliphatic heterocycles. The number of carbonyl (C=O) groups is 1. The quantitative estimate of drug-likeness (QED) is 0.356. The zero-order valence-corrected chi connectivity index (χ0v) is 12.1. The minimum absolute atomic E-state index is 0.0532. The van der Waals surface area contributed by atoms with Crippen LogP contribution in [0.3, 0.4) is 0 Å². The van der Waals surface area contributed by atoms with Crippen molar-refractivity contribution < 1.29 is 13.9 Å². The molecule has 1 aliphatic carbocycles. The van der Waals surface area contributed by atoms with Gasteiger partial charge in [-0.05, 0) is 37.2 Å². The molecule has 100 valence electrons. The van der Waals surface area contributed by atoms with E-state index < -0.39 is 5.82 Å². The van der Waals surface area contributed by atoms with Gasteiger partial charge in [0.2, 0.25) is 0 Å². The number of nitrogens with zero attached hydrogens (tertiary/aromatic N) is 1. The number of aliphatic imine (C=N–C) groups is 1. The summed E-state index contributed by atoms with van der Waals surface area (Å²) < 4.78 is 18.5. The van der Waals surface area contributed by atoms with Gasteiger partial charge in [0.25, 0.3) is 0 Å². The predicted molar refractivity (Wildman–Crippen MR) is 75.9 cm³/mol. The fourth-order valence-electron chi connectivity index (χ4n) is 1.31. The summed E-state index contributed by atoms with van der Waals surface area (Å²) in [5.74, 6) is -0.747. The molecule has 0 amide bonds. The summed E-state index contributed by atoms with van der Waals surface area (Å²) >= 11 is 11.5. The minimum Gasteiger partial charge on any atom is -0.462 e. The van der Waals surface area contributed by atoms with Gasteiger partial charge in [-0.1, -0.05) is 11.6 Å². The monoisotopic (exact) mass is 317 g/mol. The molecule has 0 heterocycles. The maximum absolute atomic E-state index is 13.4. The van der Waals surface area contributed by atoms with Crippen molar-refractivity contribution in [3.8, 4) is 0 Å². The van der Waals surface area contributed by atoms with E-state index in [0.717, 1.165) is 18.9 Å². The highest BCUT2D eigenvalue weighted by atomic mass is 35.5. The number of thiocarbonyl (C=S) groups is 1. The van der Waals surface area contributed by atoms with E-state index in [2.05, 4.69) is 22.4 Å². The van der Waals surface area contributed by atoms with Crippen LogP contribution in [0.4, 0.5) is 10.1 Å². The molecule has 0 unspecified atom stereocenters. The van der Waals surface area contributed by atoms with Gasteiger partial charge in [-0.3, -0.25) is 4.79 Å². The standard InChI is InChI=1S/C12H9ClFNO2S2/c13-8-3-9(14)10(15-6-18)4-11(8)19-5-12(16)17-7-1-2-7/h3-4,7H,1-2,5H2. The van der Waals surface area contributed by atoms with E-state index in [9.17, 15) is 9.18 Å². The molecular weight excluding hydrogens is 309 g/mol. The average Bonchev–Trinajstić information content (AvgIpc) is 3.15. The largest absolute Gasteiger partial charge is 0.462 e. The molecule has 1 fully saturated rings. The molecule has 2 rings (SSSR count). The van der Waals surface area contributed by atoms with Crippen LogP contribution in [0.2, 0.25) is 5.02 Å². The van der Waals surface area contributed by atoms with Crippen LogP contribution in [-0.2, 0) is 9.53 Å². The number of rotatable bonds is 5. The number of thioether (sulfide) groups is 1. The Labute approximate surface area is 124 Å². The number of carbonyl (C=O) groups excluding carboxylic acids is 1. The first kappa shape index (κ1) is 14.5. The highest BCUT2D eigenvalue weighted by Crippen LogP contribution is 2.33. The first-order chi connectivity index (χ1) is 9.10. The summed E-state index contributed by atoms with van der Waals surface area (Å²) in [7, 11) is 0. The molecule has 0 bridgehead atoms. The summed E-state index contributed by atoms with van der Waals surface area (Å²) in [6.45, 7) is 0. The summed E-state index contributed by atoms with van der Waals surface area (Å²) in [5.41, 5.74) is 0.0532. The molecule has 1 saturated carbocycles. The Balaban J connectivity index is 2.03. The highest BCUT2D eigenvalue weighted by Gasteiger charge is 2.25. The summed E-state index contributed by atoms with van der Waals surface area (Å²) in [6.07, 6.45) is 1.94. The lowest BCUT2D eigenvalue weighted by molar-refractivity contribution is -0.141. The Kier molecular flexibility index (Phi) is 4.93. The van der Waals surface area contributed by atoms with Gasteiger partial charge in [0.05, 0.1) is 15.9 Å². The first-order valence-electron chi connectivity index (χ1n) is 5.49. The fourth-order valence-corrected chi connectivity index (χ4v) is 2.45. The van der Waals surface area contributed by atoms with E-state index in [1.54, 1.807) is 0 Å². The smallest absolute Gasteiger partial charge is 0.316 e. The molecule has 19 heavy (non-hydrogen) atoms. The molecule has 1 aromatic rings. The highest BCUT2D eigenvalue weighted by molar-refractivity contribution is 8.00. The van der Waals surface area contributed by atoms with Gasteiger partial charge in [0, 0.05) is 4.90 Å². The fraction of sp³-hybridized carbons (Fsp3) is 0.333. The molecule has 0 radical (unpaired) electrons. The maximum Gasteiger partial charge on any atom is 0.316 e. The van der Waals surface area contributed by atoms with E-state index in [1.165, 1.54) is 17.8 Å². The van der Waals surface area contributed by atoms with Crippen molar-refractivity contribution in [1.82, 2.24) is 0 Å². The first-order valence-corrected chi connectivity index (χ1v) is 7.26. The summed E-state index contributed by atoms with van der Waals surface area (Å²) in [4.78, 5) is 15.6. The zero-order valence-electron chi connectivity index (χ0n) is 9.69.